The minimum Gasteiger partial charge on any atom is -0.424 e. The van der Waals surface area contributed by atoms with Crippen LogP contribution in [0.1, 0.15) is 49.5 Å². The van der Waals surface area contributed by atoms with Crippen molar-refractivity contribution >= 4 is 0 Å². The zero-order chi connectivity index (χ0) is 18.2. The van der Waals surface area contributed by atoms with Crippen LogP contribution in [0.5, 0.6) is 0 Å². The average molecular weight is 357 g/mol. The Hall–Kier alpha value is -1.90. The third kappa shape index (κ3) is 4.20. The number of rotatable bonds is 5. The second-order valence-electron chi connectivity index (χ2n) is 6.98. The summed E-state index contributed by atoms with van der Waals surface area (Å²) >= 11 is 0. The van der Waals surface area contributed by atoms with Crippen LogP contribution in [0.25, 0.3) is 0 Å². The number of alkyl halides is 3. The molecule has 0 bridgehead atoms. The van der Waals surface area contributed by atoms with Crippen LogP contribution in [-0.4, -0.2) is 38.2 Å². The molecule has 0 aromatic carbocycles. The first-order valence-electron chi connectivity index (χ1n) is 8.36. The minimum atomic E-state index is -4.39. The lowest BCUT2D eigenvalue weighted by atomic mass is 9.99. The SMILES string of the molecule is CC(C)c1nnc(CN(C)CC2CCc3nc(C(F)(F)F)cn3C2)o1. The van der Waals surface area contributed by atoms with E-state index in [9.17, 15) is 13.2 Å². The Morgan fingerprint density at radius 1 is 1.36 bits per heavy atom. The van der Waals surface area contributed by atoms with Crippen molar-refractivity contribution in [3.63, 3.8) is 0 Å². The van der Waals surface area contributed by atoms with Gasteiger partial charge in [0.15, 0.2) is 5.69 Å². The summed E-state index contributed by atoms with van der Waals surface area (Å²) in [6.07, 6.45) is -1.89. The molecule has 0 saturated carbocycles. The third-order valence-electron chi connectivity index (χ3n) is 4.33. The molecule has 0 aliphatic carbocycles. The molecule has 0 amide bonds. The normalized spacial score (nSPS) is 18.2. The zero-order valence-corrected chi connectivity index (χ0v) is 14.5. The maximum Gasteiger partial charge on any atom is 0.434 e. The molecule has 1 unspecified atom stereocenters. The molecule has 9 heteroatoms. The summed E-state index contributed by atoms with van der Waals surface area (Å²) in [6, 6.07) is 0. The van der Waals surface area contributed by atoms with E-state index in [0.29, 0.717) is 37.1 Å². The van der Waals surface area contributed by atoms with Gasteiger partial charge in [0.25, 0.3) is 0 Å². The van der Waals surface area contributed by atoms with Gasteiger partial charge < -0.3 is 8.98 Å². The molecule has 1 atom stereocenters. The molecule has 0 saturated heterocycles. The molecule has 0 spiro atoms. The fourth-order valence-corrected chi connectivity index (χ4v) is 3.10. The van der Waals surface area contributed by atoms with Crippen LogP contribution in [0, 0.1) is 5.92 Å². The molecule has 3 rings (SSSR count). The van der Waals surface area contributed by atoms with Crippen LogP contribution < -0.4 is 0 Å². The Labute approximate surface area is 144 Å². The molecule has 0 radical (unpaired) electrons. The van der Waals surface area contributed by atoms with E-state index < -0.39 is 11.9 Å². The smallest absolute Gasteiger partial charge is 0.424 e. The number of hydrogen-bond donors (Lipinski definition) is 0. The number of halogens is 3. The first-order chi connectivity index (χ1) is 11.7. The Bertz CT molecular complexity index is 722. The van der Waals surface area contributed by atoms with Gasteiger partial charge in [-0.15, -0.1) is 10.2 Å². The predicted octanol–water partition coefficient (Wildman–Crippen LogP) is 3.10. The summed E-state index contributed by atoms with van der Waals surface area (Å²) in [7, 11) is 1.95. The van der Waals surface area contributed by atoms with E-state index in [2.05, 4.69) is 20.1 Å². The van der Waals surface area contributed by atoms with Crippen molar-refractivity contribution in [3.05, 3.63) is 29.5 Å². The lowest BCUT2D eigenvalue weighted by Gasteiger charge is -2.27. The van der Waals surface area contributed by atoms with Crippen LogP contribution in [0.3, 0.4) is 0 Å². The fraction of sp³-hybridized carbons (Fsp3) is 0.688. The zero-order valence-electron chi connectivity index (χ0n) is 14.5. The van der Waals surface area contributed by atoms with E-state index in [-0.39, 0.29) is 11.8 Å². The molecule has 138 valence electrons. The number of nitrogens with zero attached hydrogens (tertiary/aromatic N) is 5. The lowest BCUT2D eigenvalue weighted by molar-refractivity contribution is -0.141. The maximum atomic E-state index is 12.8. The molecule has 1 aliphatic rings. The highest BCUT2D eigenvalue weighted by atomic mass is 19.4. The van der Waals surface area contributed by atoms with Gasteiger partial charge in [0.1, 0.15) is 5.82 Å². The molecular weight excluding hydrogens is 335 g/mol. The van der Waals surface area contributed by atoms with E-state index in [0.717, 1.165) is 19.2 Å². The molecular formula is C16H22F3N5O. The van der Waals surface area contributed by atoms with Crippen molar-refractivity contribution in [3.8, 4) is 0 Å². The topological polar surface area (TPSA) is 60.0 Å². The standard InChI is InChI=1S/C16H22F3N5O/c1-10(2)15-22-21-14(25-15)9-23(3)6-11-4-5-13-20-12(16(17,18)19)8-24(13)7-11/h8,10-11H,4-7,9H2,1-3H3. The fourth-order valence-electron chi connectivity index (χ4n) is 3.10. The van der Waals surface area contributed by atoms with Crippen molar-refractivity contribution < 1.29 is 17.6 Å². The second-order valence-corrected chi connectivity index (χ2v) is 6.98. The van der Waals surface area contributed by atoms with E-state index >= 15 is 0 Å². The summed E-state index contributed by atoms with van der Waals surface area (Å²) in [5.41, 5.74) is -0.802. The minimum absolute atomic E-state index is 0.187. The van der Waals surface area contributed by atoms with Gasteiger partial charge in [-0.25, -0.2) is 4.98 Å². The van der Waals surface area contributed by atoms with Crippen LogP contribution in [0.4, 0.5) is 13.2 Å². The van der Waals surface area contributed by atoms with E-state index in [1.165, 1.54) is 0 Å². The first kappa shape index (κ1) is 17.9. The molecule has 0 fully saturated rings. The number of aryl methyl sites for hydroxylation is 1. The van der Waals surface area contributed by atoms with Crippen molar-refractivity contribution in [1.82, 2.24) is 24.6 Å². The van der Waals surface area contributed by atoms with Gasteiger partial charge >= 0.3 is 6.18 Å². The van der Waals surface area contributed by atoms with Crippen LogP contribution in [0.2, 0.25) is 0 Å². The second kappa shape index (κ2) is 6.78. The molecule has 25 heavy (non-hydrogen) atoms. The largest absolute Gasteiger partial charge is 0.434 e. The van der Waals surface area contributed by atoms with Crippen LogP contribution >= 0.6 is 0 Å². The first-order valence-corrected chi connectivity index (χ1v) is 8.36. The number of imidazole rings is 1. The van der Waals surface area contributed by atoms with Crippen molar-refractivity contribution in [2.24, 2.45) is 5.92 Å². The van der Waals surface area contributed by atoms with Crippen molar-refractivity contribution in [2.75, 3.05) is 13.6 Å². The molecule has 6 nitrogen and oxygen atoms in total. The average Bonchev–Trinajstić information content (AvgIpc) is 3.12. The highest BCUT2D eigenvalue weighted by Gasteiger charge is 2.35. The lowest BCUT2D eigenvalue weighted by Crippen LogP contribution is -2.31. The molecule has 3 heterocycles. The quantitative estimate of drug-likeness (QED) is 0.823. The molecule has 2 aromatic rings. The van der Waals surface area contributed by atoms with Crippen molar-refractivity contribution in [2.45, 2.75) is 51.9 Å². The molecule has 2 aromatic heterocycles. The van der Waals surface area contributed by atoms with Gasteiger partial charge in [0, 0.05) is 31.6 Å². The molecule has 0 N–H and O–H groups in total. The number of aromatic nitrogens is 4. The van der Waals surface area contributed by atoms with Gasteiger partial charge in [-0.3, -0.25) is 4.90 Å². The monoisotopic (exact) mass is 357 g/mol. The van der Waals surface area contributed by atoms with Crippen molar-refractivity contribution in [1.29, 1.82) is 0 Å². The summed E-state index contributed by atoms with van der Waals surface area (Å²) in [6.45, 7) is 5.80. The van der Waals surface area contributed by atoms with E-state index in [4.69, 9.17) is 4.42 Å². The van der Waals surface area contributed by atoms with Gasteiger partial charge in [0.2, 0.25) is 11.8 Å². The summed E-state index contributed by atoms with van der Waals surface area (Å²) < 4.78 is 45.6. The number of fused-ring (bicyclic) bond motifs is 1. The van der Waals surface area contributed by atoms with E-state index in [1.54, 1.807) is 4.57 Å². The summed E-state index contributed by atoms with van der Waals surface area (Å²) in [5.74, 6) is 2.14. The Morgan fingerprint density at radius 3 is 2.76 bits per heavy atom. The number of hydrogen-bond acceptors (Lipinski definition) is 5. The van der Waals surface area contributed by atoms with Gasteiger partial charge in [-0.1, -0.05) is 13.8 Å². The third-order valence-corrected chi connectivity index (χ3v) is 4.33. The Morgan fingerprint density at radius 2 is 2.12 bits per heavy atom. The summed E-state index contributed by atoms with van der Waals surface area (Å²) in [5, 5.41) is 8.05. The van der Waals surface area contributed by atoms with Gasteiger partial charge in [-0.05, 0) is 19.4 Å². The Kier molecular flexibility index (Phi) is 4.86. The van der Waals surface area contributed by atoms with Gasteiger partial charge in [-0.2, -0.15) is 13.2 Å². The summed E-state index contributed by atoms with van der Waals surface area (Å²) in [4.78, 5) is 5.78. The van der Waals surface area contributed by atoms with Crippen LogP contribution in [0.15, 0.2) is 10.6 Å². The van der Waals surface area contributed by atoms with Gasteiger partial charge in [0.05, 0.1) is 6.54 Å². The highest BCUT2D eigenvalue weighted by molar-refractivity contribution is 5.10. The predicted molar refractivity (Wildman–Crippen MR) is 83.8 cm³/mol. The van der Waals surface area contributed by atoms with Crippen LogP contribution in [-0.2, 0) is 25.7 Å². The van der Waals surface area contributed by atoms with E-state index in [1.807, 2.05) is 20.9 Å². The highest BCUT2D eigenvalue weighted by Crippen LogP contribution is 2.30. The molecule has 1 aliphatic heterocycles. The maximum absolute atomic E-state index is 12.8. The Balaban J connectivity index is 1.57.